The van der Waals surface area contributed by atoms with Crippen molar-refractivity contribution >= 4 is 64.2 Å². The van der Waals surface area contributed by atoms with Crippen molar-refractivity contribution in [3.63, 3.8) is 0 Å². The van der Waals surface area contributed by atoms with E-state index in [1.165, 1.54) is 0 Å². The Bertz CT molecular complexity index is 480. The molecule has 11 heteroatoms. The van der Waals surface area contributed by atoms with Gasteiger partial charge < -0.3 is 0 Å². The van der Waals surface area contributed by atoms with Gasteiger partial charge in [0.05, 0.1) is 0 Å². The summed E-state index contributed by atoms with van der Waals surface area (Å²) in [5.41, 5.74) is 0. The molecule has 1 rings (SSSR count). The molecule has 100 valence electrons. The van der Waals surface area contributed by atoms with Crippen molar-refractivity contribution in [3.05, 3.63) is 29.1 Å². The molecule has 0 aromatic heterocycles. The molecule has 0 N–H and O–H groups in total. The Morgan fingerprint density at radius 1 is 0.529 bits per heavy atom. The van der Waals surface area contributed by atoms with Crippen molar-refractivity contribution < 1.29 is 22.0 Å². The van der Waals surface area contributed by atoms with Crippen LogP contribution in [0.4, 0.5) is 22.0 Å². The van der Waals surface area contributed by atoms with Crippen LogP contribution in [-0.4, -0.2) is 0 Å². The second kappa shape index (κ2) is 3.65. The zero-order valence-electron chi connectivity index (χ0n) is 7.23. The molecular weight excluding hydrogens is 375 g/mol. The van der Waals surface area contributed by atoms with Crippen molar-refractivity contribution in [2.45, 2.75) is 0 Å². The molecule has 0 aliphatic carbocycles. The molecule has 0 saturated carbocycles. The minimum absolute atomic E-state index is 1.86. The molecule has 0 fully saturated rings. The molecule has 17 heavy (non-hydrogen) atoms. The molecule has 0 aliphatic rings. The summed E-state index contributed by atoms with van der Waals surface area (Å²) in [5.74, 6) is -11.8. The van der Waals surface area contributed by atoms with Gasteiger partial charge in [-0.25, -0.2) is 0 Å². The fraction of sp³-hybridized carbons (Fsp3) is 0. The Kier molecular flexibility index (Phi) is 3.39. The minimum atomic E-state index is -6.39. The van der Waals surface area contributed by atoms with Crippen LogP contribution < -0.4 is 5.30 Å². The number of rotatable bonds is 1. The first-order valence-corrected chi connectivity index (χ1v) is 10.7. The van der Waals surface area contributed by atoms with Gasteiger partial charge in [-0.1, -0.05) is 0 Å². The summed E-state index contributed by atoms with van der Waals surface area (Å²) < 4.78 is 58.6. The van der Waals surface area contributed by atoms with E-state index in [9.17, 15) is 22.0 Å². The van der Waals surface area contributed by atoms with E-state index in [-0.39, 0.29) is 0 Å². The van der Waals surface area contributed by atoms with E-state index in [0.717, 1.165) is 0 Å². The predicted octanol–water partition coefficient (Wildman–Crippen LogP) is 5.87. The van der Waals surface area contributed by atoms with Gasteiger partial charge in [-0.2, -0.15) is 0 Å². The van der Waals surface area contributed by atoms with Crippen LogP contribution in [0.3, 0.4) is 0 Å². The van der Waals surface area contributed by atoms with Crippen LogP contribution in [0.5, 0.6) is 0 Å². The average Bonchev–Trinajstić information content (AvgIpc) is 2.07. The van der Waals surface area contributed by atoms with Gasteiger partial charge in [0.25, 0.3) is 0 Å². The first-order valence-electron chi connectivity index (χ1n) is 3.51. The Hall–Kier alpha value is 0.750. The summed E-state index contributed by atoms with van der Waals surface area (Å²) in [6.45, 7) is 0. The average molecular weight is 375 g/mol. The molecule has 0 saturated heterocycles. The molecule has 0 spiro atoms. The number of hydrogen-bond donors (Lipinski definition) is 0. The molecule has 0 nitrogen and oxygen atoms in total. The molecule has 1 aromatic carbocycles. The zero-order chi connectivity index (χ0) is 13.9. The monoisotopic (exact) mass is 373 g/mol. The maximum absolute atomic E-state index is 13.3. The Labute approximate surface area is 115 Å². The summed E-state index contributed by atoms with van der Waals surface area (Å²) in [7, 11) is 0. The van der Waals surface area contributed by atoms with Gasteiger partial charge in [0.1, 0.15) is 0 Å². The van der Waals surface area contributed by atoms with Crippen molar-refractivity contribution in [2.24, 2.45) is 0 Å². The summed E-state index contributed by atoms with van der Waals surface area (Å²) in [6, 6.07) is 0. The van der Waals surface area contributed by atoms with E-state index in [1.807, 2.05) is 0 Å². The van der Waals surface area contributed by atoms with E-state index < -0.39 is 37.1 Å². The molecule has 0 radical (unpaired) electrons. The first-order chi connectivity index (χ1) is 7.16. The Balaban J connectivity index is 3.95. The maximum atomic E-state index is 13.3. The molecule has 0 heterocycles. The normalized spacial score (nSPS) is 16.6. The van der Waals surface area contributed by atoms with Gasteiger partial charge in [0.2, 0.25) is 0 Å². The van der Waals surface area contributed by atoms with Gasteiger partial charge in [0, 0.05) is 0 Å². The molecule has 0 unspecified atom stereocenters. The summed E-state index contributed by atoms with van der Waals surface area (Å²) >= 11 is 26.2. The van der Waals surface area contributed by atoms with Crippen LogP contribution in [-0.2, 0) is 0 Å². The number of hydrogen-bond acceptors (Lipinski definition) is 0. The van der Waals surface area contributed by atoms with E-state index in [2.05, 4.69) is 0 Å². The quantitative estimate of drug-likeness (QED) is 0.249. The third-order valence-electron chi connectivity index (χ3n) is 1.61. The van der Waals surface area contributed by atoms with E-state index in [0.29, 0.717) is 0 Å². The van der Waals surface area contributed by atoms with Crippen molar-refractivity contribution in [2.75, 3.05) is 0 Å². The molecule has 0 bridgehead atoms. The van der Waals surface area contributed by atoms with Gasteiger partial charge in [0.15, 0.2) is 0 Å². The summed E-state index contributed by atoms with van der Waals surface area (Å²) in [5, 5.41) is -1.86. The molecule has 0 atom stereocenters. The number of benzene rings is 1. The predicted molar refractivity (Wildman–Crippen MR) is 62.1 cm³/mol. The van der Waals surface area contributed by atoms with Crippen LogP contribution >= 0.6 is 58.9 Å². The van der Waals surface area contributed by atoms with E-state index in [4.69, 9.17) is 56.2 Å². The second-order valence-corrected chi connectivity index (χ2v) is 23.4. The Morgan fingerprint density at radius 3 is 1.00 bits per heavy atom. The first kappa shape index (κ1) is 15.8. The van der Waals surface area contributed by atoms with E-state index >= 15 is 0 Å². The van der Waals surface area contributed by atoms with Crippen LogP contribution in [0.25, 0.3) is 0 Å². The summed E-state index contributed by atoms with van der Waals surface area (Å²) in [6.07, 6.45) is 0. The van der Waals surface area contributed by atoms with Crippen LogP contribution in [0.15, 0.2) is 0 Å². The van der Waals surface area contributed by atoms with Crippen molar-refractivity contribution in [1.82, 2.24) is 0 Å². The SMILES string of the molecule is Fc1c(F)c(F)c([P-](Cl)(Cl)(Cl)(Cl)Cl)c(F)c1F. The number of halogens is 10. The molecule has 1 aromatic rings. The van der Waals surface area contributed by atoms with Crippen LogP contribution in [0.1, 0.15) is 0 Å². The molecule has 0 aliphatic heterocycles. The van der Waals surface area contributed by atoms with Gasteiger partial charge in [-0.15, -0.1) is 0 Å². The van der Waals surface area contributed by atoms with Crippen LogP contribution in [0, 0.1) is 29.1 Å². The van der Waals surface area contributed by atoms with Gasteiger partial charge >= 0.3 is 115 Å². The van der Waals surface area contributed by atoms with Crippen molar-refractivity contribution in [1.29, 1.82) is 0 Å². The zero-order valence-corrected chi connectivity index (χ0v) is 11.9. The van der Waals surface area contributed by atoms with Gasteiger partial charge in [-0.3, -0.25) is 0 Å². The fourth-order valence-corrected chi connectivity index (χ4v) is 4.13. The third kappa shape index (κ3) is 3.02. The Morgan fingerprint density at radius 2 is 0.765 bits per heavy atom. The standard InChI is InChI=1S/C6Cl5F5P/c7-17(8,9,10,11)6-4(15)2(13)1(12)3(14)5(6)16/q-1. The van der Waals surface area contributed by atoms with Crippen LogP contribution in [0.2, 0.25) is 0 Å². The van der Waals surface area contributed by atoms with E-state index in [1.54, 1.807) is 0 Å². The topological polar surface area (TPSA) is 0 Å². The molecular formula is C6Cl5F5P-. The molecule has 0 amide bonds. The summed E-state index contributed by atoms with van der Waals surface area (Å²) in [4.78, 5) is 0. The fourth-order valence-electron chi connectivity index (χ4n) is 0.964. The third-order valence-corrected chi connectivity index (χ3v) is 5.38. The van der Waals surface area contributed by atoms with Crippen molar-refractivity contribution in [3.8, 4) is 0 Å². The van der Waals surface area contributed by atoms with Gasteiger partial charge in [-0.05, 0) is 0 Å². The second-order valence-electron chi connectivity index (χ2n) is 2.98.